The van der Waals surface area contributed by atoms with Crippen molar-refractivity contribution < 1.29 is 5.11 Å². The van der Waals surface area contributed by atoms with E-state index in [0.29, 0.717) is 19.1 Å². The van der Waals surface area contributed by atoms with Crippen LogP contribution in [0.1, 0.15) is 26.3 Å². The van der Waals surface area contributed by atoms with Crippen LogP contribution < -0.4 is 5.32 Å². The maximum Gasteiger partial charge on any atom is 0.0869 e. The van der Waals surface area contributed by atoms with Gasteiger partial charge in [-0.1, -0.05) is 19.9 Å². The molecule has 2 N–H and O–H groups in total. The van der Waals surface area contributed by atoms with E-state index in [-0.39, 0.29) is 0 Å². The molecule has 1 unspecified atom stereocenters. The lowest BCUT2D eigenvalue weighted by molar-refractivity contribution is 0.0239. The van der Waals surface area contributed by atoms with Gasteiger partial charge in [0.15, 0.2) is 0 Å². The van der Waals surface area contributed by atoms with Gasteiger partial charge in [-0.15, -0.1) is 0 Å². The highest BCUT2D eigenvalue weighted by Crippen LogP contribution is 2.08. The third-order valence-electron chi connectivity index (χ3n) is 2.68. The minimum absolute atomic E-state index is 0.389. The van der Waals surface area contributed by atoms with Crippen LogP contribution in [0.15, 0.2) is 24.5 Å². The summed E-state index contributed by atoms with van der Waals surface area (Å²) in [5.74, 6) is 0. The van der Waals surface area contributed by atoms with Gasteiger partial charge < -0.3 is 10.4 Å². The fraction of sp³-hybridized carbons (Fsp3) is 0.643. The standard InChI is InChI=1S/C14H25N3O/c1-12(2)16-10-14(3,18)11-17(4)9-13-6-5-7-15-8-13/h5-8,12,16,18H,9-11H2,1-4H3. The summed E-state index contributed by atoms with van der Waals surface area (Å²) in [4.78, 5) is 6.20. The lowest BCUT2D eigenvalue weighted by Gasteiger charge is -2.30. The molecule has 1 atom stereocenters. The molecule has 0 saturated heterocycles. The molecule has 0 spiro atoms. The number of pyridine rings is 1. The van der Waals surface area contributed by atoms with Crippen LogP contribution in [-0.2, 0) is 6.54 Å². The lowest BCUT2D eigenvalue weighted by Crippen LogP contribution is -2.47. The first-order valence-electron chi connectivity index (χ1n) is 6.42. The molecule has 1 aromatic rings. The minimum atomic E-state index is -0.721. The lowest BCUT2D eigenvalue weighted by atomic mass is 10.1. The van der Waals surface area contributed by atoms with Gasteiger partial charge in [0, 0.05) is 38.1 Å². The van der Waals surface area contributed by atoms with E-state index in [4.69, 9.17) is 0 Å². The van der Waals surface area contributed by atoms with Crippen molar-refractivity contribution in [2.24, 2.45) is 0 Å². The number of aromatic nitrogens is 1. The highest BCUT2D eigenvalue weighted by atomic mass is 16.3. The predicted molar refractivity (Wildman–Crippen MR) is 74.3 cm³/mol. The summed E-state index contributed by atoms with van der Waals surface area (Å²) in [6.45, 7) is 8.04. The van der Waals surface area contributed by atoms with Crippen LogP contribution in [0, 0.1) is 0 Å². The van der Waals surface area contributed by atoms with Gasteiger partial charge in [0.05, 0.1) is 5.60 Å². The first kappa shape index (κ1) is 15.1. The highest BCUT2D eigenvalue weighted by molar-refractivity contribution is 5.08. The minimum Gasteiger partial charge on any atom is -0.388 e. The molecule has 102 valence electrons. The van der Waals surface area contributed by atoms with E-state index in [9.17, 15) is 5.11 Å². The van der Waals surface area contributed by atoms with Gasteiger partial charge in [0.1, 0.15) is 0 Å². The third kappa shape index (κ3) is 6.10. The third-order valence-corrected chi connectivity index (χ3v) is 2.68. The number of hydrogen-bond acceptors (Lipinski definition) is 4. The molecule has 0 saturated carbocycles. The van der Waals surface area contributed by atoms with Crippen LogP contribution >= 0.6 is 0 Å². The molecule has 4 heteroatoms. The molecule has 0 fully saturated rings. The van der Waals surface area contributed by atoms with Crippen LogP contribution in [0.4, 0.5) is 0 Å². The Labute approximate surface area is 110 Å². The molecule has 0 radical (unpaired) electrons. The molecule has 1 heterocycles. The zero-order valence-corrected chi connectivity index (χ0v) is 11.8. The van der Waals surface area contributed by atoms with Crippen LogP contribution in [0.25, 0.3) is 0 Å². The van der Waals surface area contributed by atoms with Crippen LogP contribution in [0.5, 0.6) is 0 Å². The first-order chi connectivity index (χ1) is 8.39. The molecule has 0 bridgehead atoms. The van der Waals surface area contributed by atoms with Gasteiger partial charge >= 0.3 is 0 Å². The summed E-state index contributed by atoms with van der Waals surface area (Å²) in [7, 11) is 2.01. The van der Waals surface area contributed by atoms with Crippen LogP contribution in [-0.4, -0.2) is 46.8 Å². The van der Waals surface area contributed by atoms with Crippen molar-refractivity contribution in [3.05, 3.63) is 30.1 Å². The number of rotatable bonds is 7. The second kappa shape index (κ2) is 6.83. The smallest absolute Gasteiger partial charge is 0.0869 e. The Morgan fingerprint density at radius 1 is 1.50 bits per heavy atom. The summed E-state index contributed by atoms with van der Waals surface area (Å²) in [5.41, 5.74) is 0.439. The topological polar surface area (TPSA) is 48.4 Å². The van der Waals surface area contributed by atoms with Crippen molar-refractivity contribution >= 4 is 0 Å². The zero-order chi connectivity index (χ0) is 13.6. The Balaban J connectivity index is 2.41. The van der Waals surface area contributed by atoms with Crippen molar-refractivity contribution in [1.29, 1.82) is 0 Å². The highest BCUT2D eigenvalue weighted by Gasteiger charge is 2.22. The van der Waals surface area contributed by atoms with E-state index in [1.165, 1.54) is 0 Å². The van der Waals surface area contributed by atoms with Gasteiger partial charge in [-0.2, -0.15) is 0 Å². The second-order valence-corrected chi connectivity index (χ2v) is 5.57. The van der Waals surface area contributed by atoms with Gasteiger partial charge in [-0.3, -0.25) is 9.88 Å². The summed E-state index contributed by atoms with van der Waals surface area (Å²) >= 11 is 0. The quantitative estimate of drug-likeness (QED) is 0.766. The molecule has 0 aliphatic heterocycles. The van der Waals surface area contributed by atoms with Crippen molar-refractivity contribution in [1.82, 2.24) is 15.2 Å². The Morgan fingerprint density at radius 3 is 2.78 bits per heavy atom. The monoisotopic (exact) mass is 251 g/mol. The van der Waals surface area contributed by atoms with E-state index in [1.54, 1.807) is 6.20 Å². The molecule has 0 aliphatic rings. The maximum absolute atomic E-state index is 10.3. The van der Waals surface area contributed by atoms with E-state index < -0.39 is 5.60 Å². The van der Waals surface area contributed by atoms with Crippen molar-refractivity contribution in [2.45, 2.75) is 39.0 Å². The number of likely N-dealkylation sites (N-methyl/N-ethyl adjacent to an activating group) is 1. The number of nitrogens with one attached hydrogen (secondary N) is 1. The molecular formula is C14H25N3O. The molecule has 1 rings (SSSR count). The maximum atomic E-state index is 10.3. The molecule has 0 aromatic carbocycles. The summed E-state index contributed by atoms with van der Waals surface area (Å²) in [6.07, 6.45) is 3.63. The van der Waals surface area contributed by atoms with E-state index in [1.807, 2.05) is 32.3 Å². The van der Waals surface area contributed by atoms with Crippen LogP contribution in [0.2, 0.25) is 0 Å². The molecule has 4 nitrogen and oxygen atoms in total. The van der Waals surface area contributed by atoms with E-state index in [0.717, 1.165) is 12.1 Å². The number of nitrogens with zero attached hydrogens (tertiary/aromatic N) is 2. The molecular weight excluding hydrogens is 226 g/mol. The average Bonchev–Trinajstić information content (AvgIpc) is 2.27. The molecule has 18 heavy (non-hydrogen) atoms. The van der Waals surface area contributed by atoms with Gasteiger partial charge in [0.25, 0.3) is 0 Å². The summed E-state index contributed by atoms with van der Waals surface area (Å²) < 4.78 is 0. The second-order valence-electron chi connectivity index (χ2n) is 5.57. The predicted octanol–water partition coefficient (Wildman–Crippen LogP) is 1.26. The Kier molecular flexibility index (Phi) is 5.72. The van der Waals surface area contributed by atoms with E-state index in [2.05, 4.69) is 29.0 Å². The van der Waals surface area contributed by atoms with Gasteiger partial charge in [-0.25, -0.2) is 0 Å². The molecule has 0 aliphatic carbocycles. The zero-order valence-electron chi connectivity index (χ0n) is 11.8. The fourth-order valence-electron chi connectivity index (χ4n) is 1.92. The number of hydrogen-bond donors (Lipinski definition) is 2. The van der Waals surface area contributed by atoms with Crippen molar-refractivity contribution in [2.75, 3.05) is 20.1 Å². The molecule has 1 aromatic heterocycles. The first-order valence-corrected chi connectivity index (χ1v) is 6.42. The van der Waals surface area contributed by atoms with Crippen molar-refractivity contribution in [3.8, 4) is 0 Å². The van der Waals surface area contributed by atoms with Gasteiger partial charge in [0.2, 0.25) is 0 Å². The average molecular weight is 251 g/mol. The largest absolute Gasteiger partial charge is 0.388 e. The Morgan fingerprint density at radius 2 is 2.22 bits per heavy atom. The Hall–Kier alpha value is -0.970. The summed E-state index contributed by atoms with van der Waals surface area (Å²) in [6, 6.07) is 4.37. The van der Waals surface area contributed by atoms with Gasteiger partial charge in [-0.05, 0) is 25.6 Å². The fourth-order valence-corrected chi connectivity index (χ4v) is 1.92. The normalized spacial score (nSPS) is 15.1. The SMILES string of the molecule is CC(C)NCC(C)(O)CN(C)Cc1cccnc1. The van der Waals surface area contributed by atoms with Crippen molar-refractivity contribution in [3.63, 3.8) is 0 Å². The molecule has 0 amide bonds. The van der Waals surface area contributed by atoms with E-state index >= 15 is 0 Å². The van der Waals surface area contributed by atoms with Crippen LogP contribution in [0.3, 0.4) is 0 Å². The summed E-state index contributed by atoms with van der Waals surface area (Å²) in [5, 5.41) is 13.6. The Bertz CT molecular complexity index is 338. The number of aliphatic hydroxyl groups is 1.